The van der Waals surface area contributed by atoms with Crippen LogP contribution in [-0.2, 0) is 6.54 Å². The maximum absolute atomic E-state index is 11.5. The van der Waals surface area contributed by atoms with Gasteiger partial charge in [-0.3, -0.25) is 9.36 Å². The third-order valence-electron chi connectivity index (χ3n) is 1.98. The van der Waals surface area contributed by atoms with Crippen LogP contribution in [0.3, 0.4) is 0 Å². The van der Waals surface area contributed by atoms with E-state index in [0.29, 0.717) is 6.54 Å². The Morgan fingerprint density at radius 2 is 2.14 bits per heavy atom. The third-order valence-corrected chi connectivity index (χ3v) is 1.98. The van der Waals surface area contributed by atoms with Gasteiger partial charge in [-0.2, -0.15) is 0 Å². The summed E-state index contributed by atoms with van der Waals surface area (Å²) in [5.41, 5.74) is 6.41. The maximum Gasteiger partial charge on any atom is 0.253 e. The normalized spacial score (nSPS) is 13.2. The van der Waals surface area contributed by atoms with E-state index in [4.69, 9.17) is 5.73 Å². The summed E-state index contributed by atoms with van der Waals surface area (Å²) < 4.78 is 1.54. The van der Waals surface area contributed by atoms with Crippen molar-refractivity contribution in [3.8, 4) is 0 Å². The maximum atomic E-state index is 11.5. The van der Waals surface area contributed by atoms with Gasteiger partial charge in [0.05, 0.1) is 12.0 Å². The van der Waals surface area contributed by atoms with Gasteiger partial charge in [0.1, 0.15) is 0 Å². The Hall–Kier alpha value is -1.16. The second-order valence-electron chi connectivity index (χ2n) is 3.94. The zero-order valence-corrected chi connectivity index (χ0v) is 8.90. The molecule has 0 amide bonds. The summed E-state index contributed by atoms with van der Waals surface area (Å²) in [7, 11) is 0. The van der Waals surface area contributed by atoms with E-state index in [1.807, 2.05) is 20.8 Å². The van der Waals surface area contributed by atoms with Crippen LogP contribution in [0.5, 0.6) is 0 Å². The SMILES string of the molecule is CC(N)Cn1cnc(C(C)C)cc1=O. The Bertz CT molecular complexity index is 355. The highest BCUT2D eigenvalue weighted by Gasteiger charge is 2.04. The molecule has 0 spiro atoms. The largest absolute Gasteiger partial charge is 0.326 e. The standard InChI is InChI=1S/C10H17N3O/c1-7(2)9-4-10(14)13(6-12-9)5-8(3)11/h4,6-8H,5,11H2,1-3H3. The molecule has 1 rings (SSSR count). The number of aromatic nitrogens is 2. The van der Waals surface area contributed by atoms with Crippen molar-refractivity contribution < 1.29 is 0 Å². The molecule has 0 aliphatic heterocycles. The van der Waals surface area contributed by atoms with Crippen LogP contribution < -0.4 is 11.3 Å². The van der Waals surface area contributed by atoms with Crippen molar-refractivity contribution in [1.82, 2.24) is 9.55 Å². The minimum Gasteiger partial charge on any atom is -0.326 e. The quantitative estimate of drug-likeness (QED) is 0.772. The van der Waals surface area contributed by atoms with Crippen molar-refractivity contribution in [3.05, 3.63) is 28.4 Å². The molecule has 0 aliphatic rings. The van der Waals surface area contributed by atoms with Crippen LogP contribution in [0.2, 0.25) is 0 Å². The predicted molar refractivity (Wildman–Crippen MR) is 56.2 cm³/mol. The van der Waals surface area contributed by atoms with Crippen molar-refractivity contribution in [2.75, 3.05) is 0 Å². The van der Waals surface area contributed by atoms with E-state index in [2.05, 4.69) is 4.98 Å². The Labute approximate surface area is 83.8 Å². The molecule has 78 valence electrons. The number of nitrogens with two attached hydrogens (primary N) is 1. The summed E-state index contributed by atoms with van der Waals surface area (Å²) in [5, 5.41) is 0. The number of hydrogen-bond donors (Lipinski definition) is 1. The Kier molecular flexibility index (Phi) is 3.41. The molecule has 14 heavy (non-hydrogen) atoms. The predicted octanol–water partition coefficient (Wildman–Crippen LogP) is 0.714. The van der Waals surface area contributed by atoms with Crippen LogP contribution in [0.4, 0.5) is 0 Å². The summed E-state index contributed by atoms with van der Waals surface area (Å²) >= 11 is 0. The van der Waals surface area contributed by atoms with Crippen LogP contribution in [0, 0.1) is 0 Å². The molecule has 0 bridgehead atoms. The fraction of sp³-hybridized carbons (Fsp3) is 0.600. The Morgan fingerprint density at radius 3 is 2.57 bits per heavy atom. The number of rotatable bonds is 3. The fourth-order valence-corrected chi connectivity index (χ4v) is 1.20. The molecule has 1 unspecified atom stereocenters. The van der Waals surface area contributed by atoms with Gasteiger partial charge in [-0.05, 0) is 12.8 Å². The molecule has 0 radical (unpaired) electrons. The van der Waals surface area contributed by atoms with Crippen LogP contribution in [0.25, 0.3) is 0 Å². The minimum atomic E-state index is -0.0283. The molecular formula is C10H17N3O. The van der Waals surface area contributed by atoms with E-state index in [-0.39, 0.29) is 17.5 Å². The highest BCUT2D eigenvalue weighted by molar-refractivity contribution is 5.04. The molecule has 1 aromatic heterocycles. The zero-order chi connectivity index (χ0) is 10.7. The lowest BCUT2D eigenvalue weighted by atomic mass is 10.1. The zero-order valence-electron chi connectivity index (χ0n) is 8.90. The van der Waals surface area contributed by atoms with Crippen molar-refractivity contribution in [1.29, 1.82) is 0 Å². The number of hydrogen-bond acceptors (Lipinski definition) is 3. The Morgan fingerprint density at radius 1 is 1.50 bits per heavy atom. The second-order valence-corrected chi connectivity index (χ2v) is 3.94. The molecule has 4 heteroatoms. The molecule has 0 aliphatic carbocycles. The summed E-state index contributed by atoms with van der Waals surface area (Å²) in [6.45, 7) is 6.41. The molecule has 0 saturated carbocycles. The first-order chi connectivity index (χ1) is 6.50. The molecular weight excluding hydrogens is 178 g/mol. The summed E-state index contributed by atoms with van der Waals surface area (Å²) in [6.07, 6.45) is 1.57. The van der Waals surface area contributed by atoms with Gasteiger partial charge in [-0.25, -0.2) is 4.98 Å². The molecule has 2 N–H and O–H groups in total. The molecule has 4 nitrogen and oxygen atoms in total. The van der Waals surface area contributed by atoms with Crippen LogP contribution in [0.1, 0.15) is 32.4 Å². The molecule has 1 atom stereocenters. The van der Waals surface area contributed by atoms with E-state index in [9.17, 15) is 4.79 Å². The van der Waals surface area contributed by atoms with E-state index in [1.165, 1.54) is 4.57 Å². The van der Waals surface area contributed by atoms with E-state index in [0.717, 1.165) is 5.69 Å². The van der Waals surface area contributed by atoms with Gasteiger partial charge in [0.25, 0.3) is 5.56 Å². The first kappa shape index (κ1) is 10.9. The van der Waals surface area contributed by atoms with E-state index in [1.54, 1.807) is 12.4 Å². The summed E-state index contributed by atoms with van der Waals surface area (Å²) in [6, 6.07) is 1.55. The van der Waals surface area contributed by atoms with Gasteiger partial charge < -0.3 is 5.73 Å². The highest BCUT2D eigenvalue weighted by Crippen LogP contribution is 2.06. The lowest BCUT2D eigenvalue weighted by Gasteiger charge is -2.09. The van der Waals surface area contributed by atoms with Gasteiger partial charge in [-0.15, -0.1) is 0 Å². The van der Waals surface area contributed by atoms with Crippen molar-refractivity contribution in [2.45, 2.75) is 39.3 Å². The van der Waals surface area contributed by atoms with Gasteiger partial charge in [-0.1, -0.05) is 13.8 Å². The average molecular weight is 195 g/mol. The Balaban J connectivity index is 2.96. The van der Waals surface area contributed by atoms with Gasteiger partial charge in [0.2, 0.25) is 0 Å². The van der Waals surface area contributed by atoms with Crippen LogP contribution >= 0.6 is 0 Å². The van der Waals surface area contributed by atoms with Crippen molar-refractivity contribution >= 4 is 0 Å². The van der Waals surface area contributed by atoms with Crippen LogP contribution in [0.15, 0.2) is 17.2 Å². The summed E-state index contributed by atoms with van der Waals surface area (Å²) in [4.78, 5) is 15.7. The van der Waals surface area contributed by atoms with Crippen molar-refractivity contribution in [2.24, 2.45) is 5.73 Å². The monoisotopic (exact) mass is 195 g/mol. The highest BCUT2D eigenvalue weighted by atomic mass is 16.1. The van der Waals surface area contributed by atoms with Crippen molar-refractivity contribution in [3.63, 3.8) is 0 Å². The summed E-state index contributed by atoms with van der Waals surface area (Å²) in [5.74, 6) is 0.285. The lowest BCUT2D eigenvalue weighted by Crippen LogP contribution is -2.30. The number of nitrogens with zero attached hydrogens (tertiary/aromatic N) is 2. The van der Waals surface area contributed by atoms with E-state index < -0.39 is 0 Å². The first-order valence-corrected chi connectivity index (χ1v) is 4.82. The first-order valence-electron chi connectivity index (χ1n) is 4.82. The molecule has 0 aromatic carbocycles. The molecule has 0 saturated heterocycles. The third kappa shape index (κ3) is 2.67. The topological polar surface area (TPSA) is 60.9 Å². The second kappa shape index (κ2) is 4.37. The van der Waals surface area contributed by atoms with Gasteiger partial charge >= 0.3 is 0 Å². The minimum absolute atomic E-state index is 0.0269. The van der Waals surface area contributed by atoms with Crippen LogP contribution in [-0.4, -0.2) is 15.6 Å². The van der Waals surface area contributed by atoms with E-state index >= 15 is 0 Å². The molecule has 0 fully saturated rings. The molecule has 1 aromatic rings. The van der Waals surface area contributed by atoms with Gasteiger partial charge in [0.15, 0.2) is 0 Å². The average Bonchev–Trinajstić information content (AvgIpc) is 2.07. The molecule has 1 heterocycles. The lowest BCUT2D eigenvalue weighted by molar-refractivity contribution is 0.561. The fourth-order valence-electron chi connectivity index (χ4n) is 1.20. The van der Waals surface area contributed by atoms with Gasteiger partial charge in [0, 0.05) is 18.7 Å². The smallest absolute Gasteiger partial charge is 0.253 e.